The molecule has 0 fully saturated rings. The van der Waals surface area contributed by atoms with Crippen molar-refractivity contribution in [2.45, 2.75) is 0 Å². The molecule has 0 amide bonds. The number of nitrogens with zero attached hydrogens (tertiary/aromatic N) is 5. The lowest BCUT2D eigenvalue weighted by atomic mass is 10.0. The van der Waals surface area contributed by atoms with E-state index in [0.29, 0.717) is 5.75 Å². The first-order valence-electron chi connectivity index (χ1n) is 16.3. The van der Waals surface area contributed by atoms with Crippen molar-refractivity contribution in [2.75, 3.05) is 0 Å². The second-order valence-corrected chi connectivity index (χ2v) is 12.1. The van der Waals surface area contributed by atoms with Gasteiger partial charge in [-0.15, -0.1) is 0 Å². The molecule has 0 atom stereocenters. The zero-order valence-electron chi connectivity index (χ0n) is 26.2. The highest BCUT2D eigenvalue weighted by Gasteiger charge is 2.21. The fourth-order valence-corrected chi connectivity index (χ4v) is 7.14. The van der Waals surface area contributed by atoms with Crippen molar-refractivity contribution >= 4 is 49.4 Å². The molecule has 0 aliphatic rings. The molecule has 5 aromatic carbocycles. The largest absolute Gasteiger partial charge is 0.457 e. The monoisotopic (exact) mass is 629 g/mol. The summed E-state index contributed by atoms with van der Waals surface area (Å²) in [5.74, 6) is 1.44. The molecule has 10 aromatic rings. The molecule has 0 saturated heterocycles. The summed E-state index contributed by atoms with van der Waals surface area (Å²) in [7, 11) is 0. The van der Waals surface area contributed by atoms with E-state index in [2.05, 4.69) is 118 Å². The Bertz CT molecular complexity index is 2800. The number of ether oxygens (including phenoxy) is 1. The van der Waals surface area contributed by atoms with Crippen molar-refractivity contribution in [3.05, 3.63) is 164 Å². The molecule has 6 nitrogen and oxygen atoms in total. The highest BCUT2D eigenvalue weighted by molar-refractivity contribution is 6.12. The van der Waals surface area contributed by atoms with Crippen LogP contribution >= 0.6 is 0 Å². The third-order valence-corrected chi connectivity index (χ3v) is 9.23. The molecule has 49 heavy (non-hydrogen) atoms. The second-order valence-electron chi connectivity index (χ2n) is 12.1. The van der Waals surface area contributed by atoms with Crippen LogP contribution in [0.1, 0.15) is 0 Å². The van der Waals surface area contributed by atoms with E-state index >= 15 is 0 Å². The van der Waals surface area contributed by atoms with Gasteiger partial charge in [-0.1, -0.05) is 84.9 Å². The lowest BCUT2D eigenvalue weighted by molar-refractivity contribution is 0.483. The molecule has 0 aliphatic heterocycles. The van der Waals surface area contributed by atoms with Crippen LogP contribution in [0, 0.1) is 0 Å². The van der Waals surface area contributed by atoms with Crippen LogP contribution in [0.4, 0.5) is 0 Å². The van der Waals surface area contributed by atoms with Crippen LogP contribution in [-0.4, -0.2) is 23.9 Å². The number of rotatable bonds is 5. The summed E-state index contributed by atoms with van der Waals surface area (Å²) >= 11 is 0. The first kappa shape index (κ1) is 27.3. The van der Waals surface area contributed by atoms with Gasteiger partial charge in [0.1, 0.15) is 22.8 Å². The maximum Gasteiger partial charge on any atom is 0.146 e. The second kappa shape index (κ2) is 10.9. The van der Waals surface area contributed by atoms with Gasteiger partial charge in [0.15, 0.2) is 0 Å². The molecule has 5 aromatic heterocycles. The quantitative estimate of drug-likeness (QED) is 0.178. The van der Waals surface area contributed by atoms with Gasteiger partial charge in [0.05, 0.1) is 33.6 Å². The van der Waals surface area contributed by atoms with Gasteiger partial charge in [-0.2, -0.15) is 0 Å². The van der Waals surface area contributed by atoms with Crippen LogP contribution in [0.2, 0.25) is 0 Å². The molecular formula is C43H27N5O. The average Bonchev–Trinajstić information content (AvgIpc) is 3.73. The maximum atomic E-state index is 6.63. The van der Waals surface area contributed by atoms with Crippen LogP contribution < -0.4 is 4.74 Å². The number of aromatic nitrogens is 5. The summed E-state index contributed by atoms with van der Waals surface area (Å²) in [4.78, 5) is 15.0. The average molecular weight is 630 g/mol. The van der Waals surface area contributed by atoms with Gasteiger partial charge in [-0.05, 0) is 60.7 Å². The predicted octanol–water partition coefficient (Wildman–Crippen LogP) is 10.7. The van der Waals surface area contributed by atoms with E-state index < -0.39 is 0 Å². The van der Waals surface area contributed by atoms with Crippen molar-refractivity contribution in [3.63, 3.8) is 0 Å². The summed E-state index contributed by atoms with van der Waals surface area (Å²) in [5, 5.41) is 4.27. The minimum atomic E-state index is 0.715. The Balaban J connectivity index is 1.17. The van der Waals surface area contributed by atoms with Crippen molar-refractivity contribution in [1.29, 1.82) is 0 Å². The molecule has 0 aliphatic carbocycles. The zero-order valence-corrected chi connectivity index (χ0v) is 26.2. The van der Waals surface area contributed by atoms with Crippen molar-refractivity contribution in [3.8, 4) is 39.7 Å². The first-order valence-corrected chi connectivity index (χ1v) is 16.3. The molecule has 5 heterocycles. The fourth-order valence-electron chi connectivity index (χ4n) is 7.14. The van der Waals surface area contributed by atoms with E-state index in [1.54, 1.807) is 0 Å². The van der Waals surface area contributed by atoms with Gasteiger partial charge in [0.2, 0.25) is 0 Å². The van der Waals surface area contributed by atoms with Crippen LogP contribution in [0.15, 0.2) is 164 Å². The number of fused-ring (bicyclic) bond motifs is 9. The first-order chi connectivity index (χ1) is 24.3. The number of imidazole rings is 1. The molecule has 0 radical (unpaired) electrons. The lowest BCUT2D eigenvalue weighted by Crippen LogP contribution is -1.97. The molecule has 0 unspecified atom stereocenters. The van der Waals surface area contributed by atoms with Crippen molar-refractivity contribution in [1.82, 2.24) is 23.9 Å². The minimum Gasteiger partial charge on any atom is -0.457 e. The number of benzene rings is 5. The van der Waals surface area contributed by atoms with Crippen LogP contribution in [0.25, 0.3) is 77.6 Å². The number of hydrogen-bond acceptors (Lipinski definition) is 4. The molecule has 6 heteroatoms. The Hall–Kier alpha value is -6.79. The molecular weight excluding hydrogens is 603 g/mol. The van der Waals surface area contributed by atoms with E-state index in [9.17, 15) is 0 Å². The lowest BCUT2D eigenvalue weighted by Gasteiger charge is -2.13. The molecule has 230 valence electrons. The Kier molecular flexibility index (Phi) is 6.08. The summed E-state index contributed by atoms with van der Waals surface area (Å²) in [5.41, 5.74) is 9.84. The van der Waals surface area contributed by atoms with Crippen LogP contribution in [0.5, 0.6) is 11.5 Å². The van der Waals surface area contributed by atoms with Crippen LogP contribution in [0.3, 0.4) is 0 Å². The topological polar surface area (TPSA) is 57.2 Å². The Labute approximate surface area is 281 Å². The standard InChI is InChI=1S/C43H27N5O/c1-3-12-28(13-4-1)39-41(29-14-5-2-6-15-29)48-38-21-11-24-44-40(38)34-23-22-32(27-36(34)43(48)46-39)49-31-17-9-16-30(26-31)47-37-20-8-7-18-33(37)35-19-10-25-45-42(35)47/h1-27H. The summed E-state index contributed by atoms with van der Waals surface area (Å²) < 4.78 is 11.1. The predicted molar refractivity (Wildman–Crippen MR) is 198 cm³/mol. The zero-order chi connectivity index (χ0) is 32.3. The van der Waals surface area contributed by atoms with Crippen LogP contribution in [-0.2, 0) is 0 Å². The van der Waals surface area contributed by atoms with Crippen molar-refractivity contribution in [2.24, 2.45) is 0 Å². The third-order valence-electron chi connectivity index (χ3n) is 9.23. The molecule has 0 N–H and O–H groups in total. The number of hydrogen-bond donors (Lipinski definition) is 0. The van der Waals surface area contributed by atoms with Gasteiger partial charge in [-0.25, -0.2) is 9.97 Å². The van der Waals surface area contributed by atoms with E-state index in [-0.39, 0.29) is 0 Å². The molecule has 0 saturated carbocycles. The van der Waals surface area contributed by atoms with E-state index in [0.717, 1.165) is 78.0 Å². The summed E-state index contributed by atoms with van der Waals surface area (Å²) in [6.07, 6.45) is 3.69. The molecule has 0 spiro atoms. The Morgan fingerprint density at radius 1 is 0.469 bits per heavy atom. The molecule has 10 rings (SSSR count). The van der Waals surface area contributed by atoms with Gasteiger partial charge < -0.3 is 4.74 Å². The Morgan fingerprint density at radius 2 is 1.18 bits per heavy atom. The van der Waals surface area contributed by atoms with Crippen molar-refractivity contribution < 1.29 is 4.74 Å². The van der Waals surface area contributed by atoms with Gasteiger partial charge in [0.25, 0.3) is 0 Å². The third kappa shape index (κ3) is 4.31. The van der Waals surface area contributed by atoms with Gasteiger partial charge >= 0.3 is 0 Å². The summed E-state index contributed by atoms with van der Waals surface area (Å²) in [6, 6.07) is 51.8. The highest BCUT2D eigenvalue weighted by Crippen LogP contribution is 2.40. The normalized spacial score (nSPS) is 11.7. The number of pyridine rings is 3. The number of para-hydroxylation sites is 1. The smallest absolute Gasteiger partial charge is 0.146 e. The van der Waals surface area contributed by atoms with Gasteiger partial charge in [-0.3, -0.25) is 14.0 Å². The van der Waals surface area contributed by atoms with E-state index in [1.165, 1.54) is 5.39 Å². The fraction of sp³-hybridized carbons (Fsp3) is 0. The van der Waals surface area contributed by atoms with E-state index in [1.807, 2.05) is 54.9 Å². The minimum absolute atomic E-state index is 0.715. The maximum absolute atomic E-state index is 6.63. The summed E-state index contributed by atoms with van der Waals surface area (Å²) in [6.45, 7) is 0. The SMILES string of the molecule is c1ccc(-c2nc3c4cc(Oc5cccc(-n6c7ccccc7c7cccnc76)c5)ccc4c4ncccc4n3c2-c2ccccc2)cc1. The Morgan fingerprint density at radius 3 is 2.06 bits per heavy atom. The molecule has 0 bridgehead atoms. The van der Waals surface area contributed by atoms with Gasteiger partial charge in [0, 0.05) is 51.1 Å². The van der Waals surface area contributed by atoms with E-state index in [4.69, 9.17) is 19.7 Å². The highest BCUT2D eigenvalue weighted by atomic mass is 16.5.